The average Bonchev–Trinajstić information content (AvgIpc) is 2.47. The van der Waals surface area contributed by atoms with E-state index in [1.54, 1.807) is 12.1 Å². The quantitative estimate of drug-likeness (QED) is 0.878. The first-order valence-electron chi connectivity index (χ1n) is 6.75. The molecule has 1 aliphatic rings. The second-order valence-electron chi connectivity index (χ2n) is 5.07. The maximum atomic E-state index is 12.4. The standard InChI is InChI=1S/C14H19N3O2S/c1-16-12-6-8-13(9-7-12)17-20(18,19)14-5-3-2-4-11(14)10-15/h2-5,12-13,16-17H,6-9H2,1H3. The zero-order valence-corrected chi connectivity index (χ0v) is 12.3. The summed E-state index contributed by atoms with van der Waals surface area (Å²) in [6.07, 6.45) is 3.56. The van der Waals surface area contributed by atoms with Crippen molar-refractivity contribution < 1.29 is 8.42 Å². The van der Waals surface area contributed by atoms with Gasteiger partial charge in [-0.25, -0.2) is 13.1 Å². The summed E-state index contributed by atoms with van der Waals surface area (Å²) in [5.41, 5.74) is 0.184. The van der Waals surface area contributed by atoms with Crippen LogP contribution in [0.2, 0.25) is 0 Å². The topological polar surface area (TPSA) is 82.0 Å². The Balaban J connectivity index is 2.11. The van der Waals surface area contributed by atoms with E-state index in [4.69, 9.17) is 5.26 Å². The van der Waals surface area contributed by atoms with Crippen LogP contribution >= 0.6 is 0 Å². The highest BCUT2D eigenvalue weighted by Crippen LogP contribution is 2.21. The van der Waals surface area contributed by atoms with Crippen LogP contribution in [0.25, 0.3) is 0 Å². The predicted octanol–water partition coefficient (Wildman–Crippen LogP) is 1.37. The van der Waals surface area contributed by atoms with Gasteiger partial charge in [0.25, 0.3) is 0 Å². The van der Waals surface area contributed by atoms with Crippen molar-refractivity contribution in [3.05, 3.63) is 29.8 Å². The van der Waals surface area contributed by atoms with E-state index in [-0.39, 0.29) is 16.5 Å². The minimum Gasteiger partial charge on any atom is -0.317 e. The van der Waals surface area contributed by atoms with Crippen LogP contribution in [0.3, 0.4) is 0 Å². The van der Waals surface area contributed by atoms with E-state index in [2.05, 4.69) is 10.0 Å². The molecule has 0 aromatic heterocycles. The molecule has 1 aromatic rings. The predicted molar refractivity (Wildman–Crippen MR) is 76.6 cm³/mol. The second-order valence-corrected chi connectivity index (χ2v) is 6.75. The molecule has 1 aromatic carbocycles. The Labute approximate surface area is 120 Å². The van der Waals surface area contributed by atoms with Gasteiger partial charge in [0.2, 0.25) is 10.0 Å². The summed E-state index contributed by atoms with van der Waals surface area (Å²) < 4.78 is 27.4. The minimum atomic E-state index is -3.62. The maximum absolute atomic E-state index is 12.4. The minimum absolute atomic E-state index is 0.0450. The molecule has 0 bridgehead atoms. The van der Waals surface area contributed by atoms with Crippen molar-refractivity contribution in [1.29, 1.82) is 5.26 Å². The van der Waals surface area contributed by atoms with Gasteiger partial charge in [-0.2, -0.15) is 5.26 Å². The number of hydrogen-bond donors (Lipinski definition) is 2. The van der Waals surface area contributed by atoms with Crippen molar-refractivity contribution in [2.45, 2.75) is 42.7 Å². The summed E-state index contributed by atoms with van der Waals surface area (Å²) in [5, 5.41) is 12.2. The summed E-state index contributed by atoms with van der Waals surface area (Å²) in [6.45, 7) is 0. The van der Waals surface area contributed by atoms with Gasteiger partial charge in [-0.1, -0.05) is 12.1 Å². The summed E-state index contributed by atoms with van der Waals surface area (Å²) in [4.78, 5) is 0.0678. The fraction of sp³-hybridized carbons (Fsp3) is 0.500. The Morgan fingerprint density at radius 1 is 1.15 bits per heavy atom. The molecule has 0 radical (unpaired) electrons. The van der Waals surface area contributed by atoms with Gasteiger partial charge in [-0.15, -0.1) is 0 Å². The summed E-state index contributed by atoms with van der Waals surface area (Å²) in [7, 11) is -1.69. The molecule has 2 rings (SSSR count). The molecule has 2 N–H and O–H groups in total. The summed E-state index contributed by atoms with van der Waals surface area (Å²) in [6, 6.07) is 8.64. The maximum Gasteiger partial charge on any atom is 0.242 e. The lowest BCUT2D eigenvalue weighted by Gasteiger charge is -2.28. The van der Waals surface area contributed by atoms with Gasteiger partial charge in [0.05, 0.1) is 10.5 Å². The van der Waals surface area contributed by atoms with E-state index >= 15 is 0 Å². The monoisotopic (exact) mass is 293 g/mol. The van der Waals surface area contributed by atoms with E-state index in [1.165, 1.54) is 12.1 Å². The lowest BCUT2D eigenvalue weighted by Crippen LogP contribution is -2.41. The molecule has 6 heteroatoms. The Hall–Kier alpha value is -1.42. The molecule has 0 spiro atoms. The van der Waals surface area contributed by atoms with Gasteiger partial charge < -0.3 is 5.32 Å². The van der Waals surface area contributed by atoms with Crippen molar-refractivity contribution in [2.75, 3.05) is 7.05 Å². The lowest BCUT2D eigenvalue weighted by molar-refractivity contribution is 0.343. The van der Waals surface area contributed by atoms with Crippen LogP contribution in [0.1, 0.15) is 31.2 Å². The molecule has 5 nitrogen and oxygen atoms in total. The Morgan fingerprint density at radius 2 is 1.75 bits per heavy atom. The highest BCUT2D eigenvalue weighted by atomic mass is 32.2. The van der Waals surface area contributed by atoms with Gasteiger partial charge in [-0.05, 0) is 44.9 Å². The molecule has 20 heavy (non-hydrogen) atoms. The smallest absolute Gasteiger partial charge is 0.242 e. The lowest BCUT2D eigenvalue weighted by atomic mass is 9.92. The summed E-state index contributed by atoms with van der Waals surface area (Å²) in [5.74, 6) is 0. The number of benzene rings is 1. The third kappa shape index (κ3) is 3.37. The molecule has 108 valence electrons. The Kier molecular flexibility index (Phi) is 4.76. The first kappa shape index (κ1) is 15.0. The molecular weight excluding hydrogens is 274 g/mol. The Bertz CT molecular complexity index is 599. The van der Waals surface area contributed by atoms with Gasteiger partial charge in [0, 0.05) is 12.1 Å². The van der Waals surface area contributed by atoms with Crippen LogP contribution in [-0.4, -0.2) is 27.5 Å². The van der Waals surface area contributed by atoms with Crippen molar-refractivity contribution >= 4 is 10.0 Å². The van der Waals surface area contributed by atoms with Gasteiger partial charge in [-0.3, -0.25) is 0 Å². The van der Waals surface area contributed by atoms with E-state index in [0.717, 1.165) is 25.7 Å². The molecule has 0 aliphatic heterocycles. The third-order valence-electron chi connectivity index (χ3n) is 3.75. The molecular formula is C14H19N3O2S. The largest absolute Gasteiger partial charge is 0.317 e. The van der Waals surface area contributed by atoms with Crippen LogP contribution in [-0.2, 0) is 10.0 Å². The fourth-order valence-electron chi connectivity index (χ4n) is 2.58. The zero-order chi connectivity index (χ0) is 14.6. The Morgan fingerprint density at radius 3 is 2.35 bits per heavy atom. The van der Waals surface area contributed by atoms with Crippen LogP contribution in [0.4, 0.5) is 0 Å². The van der Waals surface area contributed by atoms with Crippen LogP contribution < -0.4 is 10.0 Å². The van der Waals surface area contributed by atoms with E-state index in [9.17, 15) is 8.42 Å². The van der Waals surface area contributed by atoms with Gasteiger partial charge in [0.1, 0.15) is 6.07 Å². The first-order valence-corrected chi connectivity index (χ1v) is 8.24. The van der Waals surface area contributed by atoms with Crippen molar-refractivity contribution in [3.63, 3.8) is 0 Å². The van der Waals surface area contributed by atoms with E-state index in [1.807, 2.05) is 13.1 Å². The summed E-state index contributed by atoms with van der Waals surface area (Å²) >= 11 is 0. The average molecular weight is 293 g/mol. The van der Waals surface area contributed by atoms with Crippen LogP contribution in [0.5, 0.6) is 0 Å². The molecule has 0 unspecified atom stereocenters. The number of nitrogens with one attached hydrogen (secondary N) is 2. The van der Waals surface area contributed by atoms with Crippen molar-refractivity contribution in [2.24, 2.45) is 0 Å². The third-order valence-corrected chi connectivity index (χ3v) is 5.33. The van der Waals surface area contributed by atoms with E-state index < -0.39 is 10.0 Å². The molecule has 1 saturated carbocycles. The van der Waals surface area contributed by atoms with Gasteiger partial charge in [0.15, 0.2) is 0 Å². The van der Waals surface area contributed by atoms with Crippen molar-refractivity contribution in [3.8, 4) is 6.07 Å². The second kappa shape index (κ2) is 6.35. The number of hydrogen-bond acceptors (Lipinski definition) is 4. The normalized spacial score (nSPS) is 23.2. The molecule has 1 aliphatic carbocycles. The van der Waals surface area contributed by atoms with E-state index in [0.29, 0.717) is 6.04 Å². The van der Waals surface area contributed by atoms with Crippen LogP contribution in [0.15, 0.2) is 29.2 Å². The van der Waals surface area contributed by atoms with Crippen molar-refractivity contribution in [1.82, 2.24) is 10.0 Å². The van der Waals surface area contributed by atoms with Crippen LogP contribution in [0, 0.1) is 11.3 Å². The zero-order valence-electron chi connectivity index (χ0n) is 11.5. The number of sulfonamides is 1. The molecule has 1 fully saturated rings. The number of nitriles is 1. The molecule has 0 saturated heterocycles. The fourth-order valence-corrected chi connectivity index (χ4v) is 4.04. The SMILES string of the molecule is CNC1CCC(NS(=O)(=O)c2ccccc2C#N)CC1. The molecule has 0 atom stereocenters. The van der Waals surface area contributed by atoms with Gasteiger partial charge >= 0.3 is 0 Å². The first-order chi connectivity index (χ1) is 9.56. The highest BCUT2D eigenvalue weighted by molar-refractivity contribution is 7.89. The number of rotatable bonds is 4. The molecule has 0 heterocycles. The highest BCUT2D eigenvalue weighted by Gasteiger charge is 2.26. The molecule has 0 amide bonds. The number of nitrogens with zero attached hydrogens (tertiary/aromatic N) is 1.